The molecule has 1 atom stereocenters. The molecule has 1 heterocycles. The van der Waals surface area contributed by atoms with Crippen molar-refractivity contribution in [1.82, 2.24) is 5.06 Å². The fraction of sp³-hybridized carbons (Fsp3) is 1.00. The van der Waals surface area contributed by atoms with Gasteiger partial charge < -0.3 is 0 Å². The molecular weight excluding hydrogens is 150 g/mol. The van der Waals surface area contributed by atoms with Crippen LogP contribution < -0.4 is 0 Å². The van der Waals surface area contributed by atoms with Crippen molar-refractivity contribution in [1.29, 1.82) is 0 Å². The molecule has 0 radical (unpaired) electrons. The van der Waals surface area contributed by atoms with Crippen LogP contribution in [0.5, 0.6) is 0 Å². The highest BCUT2D eigenvalue weighted by molar-refractivity contribution is 4.90. The van der Waals surface area contributed by atoms with Gasteiger partial charge in [-0.25, -0.2) is 0 Å². The Kier molecular flexibility index (Phi) is 2.13. The lowest BCUT2D eigenvalue weighted by molar-refractivity contribution is 0.173. The maximum Gasteiger partial charge on any atom is 0.165 e. The summed E-state index contributed by atoms with van der Waals surface area (Å²) >= 11 is 0. The van der Waals surface area contributed by atoms with Crippen molar-refractivity contribution >= 4 is 0 Å². The summed E-state index contributed by atoms with van der Waals surface area (Å²) in [5, 5.41) is 2.21. The maximum atomic E-state index is 5.69. The van der Waals surface area contributed by atoms with Crippen LogP contribution in [0.3, 0.4) is 0 Å². The molecule has 0 bridgehead atoms. The quantitative estimate of drug-likeness (QED) is 0.590. The SMILES string of the molecule is CC(C)CN1OC12CCCCC2. The van der Waals surface area contributed by atoms with Gasteiger partial charge in [-0.15, -0.1) is 0 Å². The van der Waals surface area contributed by atoms with Crippen LogP contribution in [0.4, 0.5) is 0 Å². The van der Waals surface area contributed by atoms with E-state index in [4.69, 9.17) is 4.84 Å². The standard InChI is InChI=1S/C10H19NO/c1-9(2)8-11-10(12-11)6-4-3-5-7-10/h9H,3-8H2,1-2H3. The van der Waals surface area contributed by atoms with Gasteiger partial charge in [0, 0.05) is 6.54 Å². The molecule has 2 fully saturated rings. The molecule has 1 unspecified atom stereocenters. The minimum absolute atomic E-state index is 0.211. The lowest BCUT2D eigenvalue weighted by Crippen LogP contribution is -2.24. The summed E-state index contributed by atoms with van der Waals surface area (Å²) < 4.78 is 0. The van der Waals surface area contributed by atoms with Crippen molar-refractivity contribution in [3.63, 3.8) is 0 Å². The Labute approximate surface area is 74.8 Å². The van der Waals surface area contributed by atoms with Gasteiger partial charge >= 0.3 is 0 Å². The third kappa shape index (κ3) is 1.50. The molecule has 12 heavy (non-hydrogen) atoms. The largest absolute Gasteiger partial charge is 0.272 e. The van der Waals surface area contributed by atoms with E-state index < -0.39 is 0 Å². The van der Waals surface area contributed by atoms with Crippen molar-refractivity contribution in [2.75, 3.05) is 6.54 Å². The zero-order chi connectivity index (χ0) is 8.60. The minimum Gasteiger partial charge on any atom is -0.272 e. The average Bonchev–Trinajstić information content (AvgIpc) is 2.63. The van der Waals surface area contributed by atoms with Crippen molar-refractivity contribution in [3.8, 4) is 0 Å². The van der Waals surface area contributed by atoms with Crippen LogP contribution in [0.1, 0.15) is 46.0 Å². The van der Waals surface area contributed by atoms with Crippen LogP contribution in [0.25, 0.3) is 0 Å². The van der Waals surface area contributed by atoms with Gasteiger partial charge in [0.05, 0.1) is 0 Å². The predicted octanol–water partition coefficient (Wildman–Crippen LogP) is 2.55. The molecule has 0 aromatic rings. The Morgan fingerprint density at radius 3 is 2.50 bits per heavy atom. The monoisotopic (exact) mass is 169 g/mol. The number of hydrogen-bond donors (Lipinski definition) is 0. The topological polar surface area (TPSA) is 15.5 Å². The molecule has 2 nitrogen and oxygen atoms in total. The lowest BCUT2D eigenvalue weighted by atomic mass is 9.93. The molecule has 1 aliphatic carbocycles. The molecule has 0 aromatic carbocycles. The van der Waals surface area contributed by atoms with Gasteiger partial charge in [0.2, 0.25) is 0 Å². The van der Waals surface area contributed by atoms with Gasteiger partial charge in [-0.3, -0.25) is 4.84 Å². The molecular formula is C10H19NO. The number of rotatable bonds is 2. The van der Waals surface area contributed by atoms with E-state index in [1.54, 1.807) is 0 Å². The van der Waals surface area contributed by atoms with Crippen LogP contribution in [0.15, 0.2) is 0 Å². The molecule has 2 heteroatoms. The van der Waals surface area contributed by atoms with Crippen molar-refractivity contribution in [3.05, 3.63) is 0 Å². The fourth-order valence-corrected chi connectivity index (χ4v) is 2.16. The average molecular weight is 169 g/mol. The number of nitrogens with zero attached hydrogens (tertiary/aromatic N) is 1. The first kappa shape index (κ1) is 8.52. The van der Waals surface area contributed by atoms with E-state index in [0.29, 0.717) is 0 Å². The van der Waals surface area contributed by atoms with E-state index in [1.807, 2.05) is 0 Å². The van der Waals surface area contributed by atoms with Crippen LogP contribution in [0, 0.1) is 5.92 Å². The van der Waals surface area contributed by atoms with Gasteiger partial charge in [-0.1, -0.05) is 20.3 Å². The first-order valence-corrected chi connectivity index (χ1v) is 5.20. The third-order valence-electron chi connectivity index (χ3n) is 2.87. The van der Waals surface area contributed by atoms with E-state index in [9.17, 15) is 0 Å². The first-order valence-electron chi connectivity index (χ1n) is 5.20. The summed E-state index contributed by atoms with van der Waals surface area (Å²) in [6.07, 6.45) is 6.64. The van der Waals surface area contributed by atoms with Gasteiger partial charge in [0.15, 0.2) is 5.72 Å². The van der Waals surface area contributed by atoms with Gasteiger partial charge in [0.25, 0.3) is 0 Å². The highest BCUT2D eigenvalue weighted by Crippen LogP contribution is 2.46. The van der Waals surface area contributed by atoms with E-state index in [2.05, 4.69) is 18.9 Å². The second kappa shape index (κ2) is 3.00. The van der Waals surface area contributed by atoms with Gasteiger partial charge in [-0.2, -0.15) is 5.06 Å². The molecule has 2 rings (SSSR count). The summed E-state index contributed by atoms with van der Waals surface area (Å²) in [5.74, 6) is 0.728. The Morgan fingerprint density at radius 1 is 1.25 bits per heavy atom. The van der Waals surface area contributed by atoms with E-state index >= 15 is 0 Å². The molecule has 1 aliphatic heterocycles. The molecule has 0 amide bonds. The molecule has 0 aromatic heterocycles. The Balaban J connectivity index is 1.83. The van der Waals surface area contributed by atoms with E-state index in [-0.39, 0.29) is 5.72 Å². The second-order valence-electron chi connectivity index (χ2n) is 4.55. The zero-order valence-electron chi connectivity index (χ0n) is 8.18. The van der Waals surface area contributed by atoms with E-state index in [0.717, 1.165) is 12.5 Å². The highest BCUT2D eigenvalue weighted by Gasteiger charge is 2.54. The Morgan fingerprint density at radius 2 is 1.92 bits per heavy atom. The summed E-state index contributed by atoms with van der Waals surface area (Å²) in [5.41, 5.74) is 0.211. The van der Waals surface area contributed by atoms with Gasteiger partial charge in [0.1, 0.15) is 0 Å². The Hall–Kier alpha value is -0.0800. The van der Waals surface area contributed by atoms with Crippen molar-refractivity contribution in [2.24, 2.45) is 5.92 Å². The molecule has 0 N–H and O–H groups in total. The third-order valence-corrected chi connectivity index (χ3v) is 2.87. The summed E-state index contributed by atoms with van der Waals surface area (Å²) in [4.78, 5) is 5.69. The summed E-state index contributed by atoms with van der Waals surface area (Å²) in [6.45, 7) is 5.61. The molecule has 1 saturated heterocycles. The predicted molar refractivity (Wildman–Crippen MR) is 48.4 cm³/mol. The zero-order valence-corrected chi connectivity index (χ0v) is 8.18. The van der Waals surface area contributed by atoms with E-state index in [1.165, 1.54) is 32.1 Å². The summed E-state index contributed by atoms with van der Waals surface area (Å²) in [7, 11) is 0. The Bertz CT molecular complexity index is 161. The smallest absolute Gasteiger partial charge is 0.165 e. The summed E-state index contributed by atoms with van der Waals surface area (Å²) in [6, 6.07) is 0. The maximum absolute atomic E-state index is 5.69. The van der Waals surface area contributed by atoms with Crippen LogP contribution in [-0.2, 0) is 4.84 Å². The van der Waals surface area contributed by atoms with Crippen molar-refractivity contribution in [2.45, 2.75) is 51.7 Å². The van der Waals surface area contributed by atoms with Gasteiger partial charge in [-0.05, 0) is 31.6 Å². The molecule has 1 saturated carbocycles. The molecule has 70 valence electrons. The van der Waals surface area contributed by atoms with Crippen LogP contribution in [0.2, 0.25) is 0 Å². The van der Waals surface area contributed by atoms with Crippen molar-refractivity contribution < 1.29 is 4.84 Å². The highest BCUT2D eigenvalue weighted by atomic mass is 16.9. The number of hydroxylamine groups is 2. The first-order chi connectivity index (χ1) is 5.73. The lowest BCUT2D eigenvalue weighted by Gasteiger charge is -2.17. The normalized spacial score (nSPS) is 32.8. The van der Waals surface area contributed by atoms with Crippen LogP contribution >= 0.6 is 0 Å². The second-order valence-corrected chi connectivity index (χ2v) is 4.55. The minimum atomic E-state index is 0.211. The number of hydrogen-bond acceptors (Lipinski definition) is 2. The molecule has 2 aliphatic rings. The van der Waals surface area contributed by atoms with Crippen LogP contribution in [-0.4, -0.2) is 17.3 Å². The fourth-order valence-electron chi connectivity index (χ4n) is 2.16. The molecule has 1 spiro atoms.